The lowest BCUT2D eigenvalue weighted by molar-refractivity contribution is 0.0944. The van der Waals surface area contributed by atoms with Gasteiger partial charge < -0.3 is 9.84 Å². The molecule has 0 aliphatic carbocycles. The number of rotatable bonds is 3. The van der Waals surface area contributed by atoms with Crippen LogP contribution in [0.15, 0.2) is 16.9 Å². The summed E-state index contributed by atoms with van der Waals surface area (Å²) in [6.07, 6.45) is 2.30. The molecule has 4 nitrogen and oxygen atoms in total. The number of carbonyl (C=O) groups is 1. The van der Waals surface area contributed by atoms with Gasteiger partial charge in [-0.3, -0.25) is 4.79 Å². The molecule has 1 aromatic heterocycles. The van der Waals surface area contributed by atoms with E-state index in [1.807, 2.05) is 6.92 Å². The number of aromatic nitrogens is 1. The van der Waals surface area contributed by atoms with E-state index in [2.05, 4.69) is 15.0 Å². The molecule has 0 saturated heterocycles. The maximum Gasteiger partial charge on any atom is 0.273 e. The number of carbonyl (C=O) groups excluding carboxylic acids is 1. The molecule has 1 N–H and O–H groups in total. The van der Waals surface area contributed by atoms with Crippen molar-refractivity contribution >= 4 is 5.91 Å². The maximum absolute atomic E-state index is 11.0. The summed E-state index contributed by atoms with van der Waals surface area (Å²) in [5, 5.41) is 6.16. The minimum atomic E-state index is -0.180. The summed E-state index contributed by atoms with van der Waals surface area (Å²) < 4.78 is 4.50. The molecule has 0 unspecified atom stereocenters. The van der Waals surface area contributed by atoms with Gasteiger partial charge in [-0.1, -0.05) is 12.1 Å². The van der Waals surface area contributed by atoms with Gasteiger partial charge in [-0.25, -0.2) is 0 Å². The summed E-state index contributed by atoms with van der Waals surface area (Å²) in [5.74, 6) is -0.180. The second-order valence-electron chi connectivity index (χ2n) is 2.14. The molecule has 0 aliphatic heterocycles. The summed E-state index contributed by atoms with van der Waals surface area (Å²) in [7, 11) is 0. The van der Waals surface area contributed by atoms with Gasteiger partial charge in [0, 0.05) is 12.6 Å². The third-order valence-corrected chi connectivity index (χ3v) is 1.21. The Labute approximate surface area is 64.6 Å². The summed E-state index contributed by atoms with van der Waals surface area (Å²) in [4.78, 5) is 11.0. The zero-order chi connectivity index (χ0) is 8.10. The molecule has 0 saturated carbocycles. The molecule has 0 spiro atoms. The average Bonchev–Trinajstić information content (AvgIpc) is 2.52. The predicted octanol–water partition coefficient (Wildman–Crippen LogP) is 0.814. The van der Waals surface area contributed by atoms with Crippen LogP contribution in [-0.2, 0) is 0 Å². The van der Waals surface area contributed by atoms with Crippen molar-refractivity contribution in [1.82, 2.24) is 10.5 Å². The van der Waals surface area contributed by atoms with Gasteiger partial charge >= 0.3 is 0 Å². The van der Waals surface area contributed by atoms with E-state index >= 15 is 0 Å². The highest BCUT2D eigenvalue weighted by molar-refractivity contribution is 5.91. The summed E-state index contributed by atoms with van der Waals surface area (Å²) in [6, 6.07) is 1.53. The smallest absolute Gasteiger partial charge is 0.273 e. The first-order valence-electron chi connectivity index (χ1n) is 3.53. The molecule has 1 heterocycles. The van der Waals surface area contributed by atoms with Crippen molar-refractivity contribution in [3.05, 3.63) is 18.0 Å². The van der Waals surface area contributed by atoms with Crippen molar-refractivity contribution in [1.29, 1.82) is 0 Å². The number of hydrogen-bond donors (Lipinski definition) is 1. The molecule has 60 valence electrons. The molecular weight excluding hydrogens is 144 g/mol. The van der Waals surface area contributed by atoms with E-state index in [0.717, 1.165) is 6.42 Å². The van der Waals surface area contributed by atoms with Crippen molar-refractivity contribution in [3.63, 3.8) is 0 Å². The molecule has 1 aromatic rings. The van der Waals surface area contributed by atoms with Crippen LogP contribution in [0.2, 0.25) is 0 Å². The van der Waals surface area contributed by atoms with Gasteiger partial charge in [-0.15, -0.1) is 0 Å². The van der Waals surface area contributed by atoms with Crippen LogP contribution in [0.5, 0.6) is 0 Å². The molecule has 0 radical (unpaired) electrons. The van der Waals surface area contributed by atoms with Crippen molar-refractivity contribution in [2.24, 2.45) is 0 Å². The lowest BCUT2D eigenvalue weighted by Crippen LogP contribution is -2.24. The average molecular weight is 154 g/mol. The number of nitrogens with one attached hydrogen (secondary N) is 1. The van der Waals surface area contributed by atoms with Crippen LogP contribution in [0, 0.1) is 0 Å². The minimum absolute atomic E-state index is 0.180. The fourth-order valence-corrected chi connectivity index (χ4v) is 0.659. The molecule has 0 aliphatic rings. The molecule has 0 fully saturated rings. The molecule has 1 rings (SSSR count). The Morgan fingerprint density at radius 2 is 2.64 bits per heavy atom. The first-order valence-corrected chi connectivity index (χ1v) is 3.53. The second-order valence-corrected chi connectivity index (χ2v) is 2.14. The van der Waals surface area contributed by atoms with Crippen LogP contribution in [0.25, 0.3) is 0 Å². The topological polar surface area (TPSA) is 55.1 Å². The molecule has 0 aromatic carbocycles. The van der Waals surface area contributed by atoms with E-state index in [9.17, 15) is 4.79 Å². The molecular formula is C7H10N2O2. The normalized spacial score (nSPS) is 9.55. The van der Waals surface area contributed by atoms with Crippen LogP contribution in [0.1, 0.15) is 23.8 Å². The maximum atomic E-state index is 11.0. The third kappa shape index (κ3) is 2.07. The molecule has 1 amide bonds. The Balaban J connectivity index is 2.43. The fourth-order valence-electron chi connectivity index (χ4n) is 0.659. The Morgan fingerprint density at radius 1 is 1.82 bits per heavy atom. The zero-order valence-corrected chi connectivity index (χ0v) is 6.33. The van der Waals surface area contributed by atoms with Crippen LogP contribution in [-0.4, -0.2) is 17.6 Å². The largest absolute Gasteiger partial charge is 0.364 e. The Bertz CT molecular complexity index is 218. The standard InChI is InChI=1S/C7H10N2O2/c1-2-4-8-7(10)6-3-5-11-9-6/h3,5H,2,4H2,1H3,(H,8,10). The number of hydrogen-bond acceptors (Lipinski definition) is 3. The van der Waals surface area contributed by atoms with Crippen molar-refractivity contribution in [2.75, 3.05) is 6.54 Å². The van der Waals surface area contributed by atoms with Crippen LogP contribution in [0.3, 0.4) is 0 Å². The van der Waals surface area contributed by atoms with Gasteiger partial charge in [0.2, 0.25) is 0 Å². The van der Waals surface area contributed by atoms with Gasteiger partial charge in [0.1, 0.15) is 6.26 Å². The lowest BCUT2D eigenvalue weighted by Gasteiger charge is -1.97. The Morgan fingerprint density at radius 3 is 3.18 bits per heavy atom. The monoisotopic (exact) mass is 154 g/mol. The van der Waals surface area contributed by atoms with E-state index in [1.165, 1.54) is 12.3 Å². The van der Waals surface area contributed by atoms with Gasteiger partial charge in [0.25, 0.3) is 5.91 Å². The van der Waals surface area contributed by atoms with Crippen molar-refractivity contribution in [2.45, 2.75) is 13.3 Å². The van der Waals surface area contributed by atoms with E-state index < -0.39 is 0 Å². The number of nitrogens with zero attached hydrogens (tertiary/aromatic N) is 1. The SMILES string of the molecule is CCCNC(=O)c1ccon1. The summed E-state index contributed by atoms with van der Waals surface area (Å²) in [6.45, 7) is 2.66. The van der Waals surface area contributed by atoms with Gasteiger partial charge in [0.15, 0.2) is 5.69 Å². The third-order valence-electron chi connectivity index (χ3n) is 1.21. The quantitative estimate of drug-likeness (QED) is 0.701. The highest BCUT2D eigenvalue weighted by Crippen LogP contribution is 1.92. The lowest BCUT2D eigenvalue weighted by atomic mass is 10.4. The second kappa shape index (κ2) is 3.75. The first-order chi connectivity index (χ1) is 5.34. The molecule has 4 heteroatoms. The van der Waals surface area contributed by atoms with E-state index in [-0.39, 0.29) is 5.91 Å². The molecule has 11 heavy (non-hydrogen) atoms. The van der Waals surface area contributed by atoms with Gasteiger partial charge in [0.05, 0.1) is 0 Å². The predicted molar refractivity (Wildman–Crippen MR) is 39.1 cm³/mol. The Kier molecular flexibility index (Phi) is 2.66. The molecule has 0 atom stereocenters. The summed E-state index contributed by atoms with van der Waals surface area (Å²) in [5.41, 5.74) is 0.332. The number of amides is 1. The Hall–Kier alpha value is -1.32. The van der Waals surface area contributed by atoms with Crippen molar-refractivity contribution in [3.8, 4) is 0 Å². The van der Waals surface area contributed by atoms with E-state index in [4.69, 9.17) is 0 Å². The van der Waals surface area contributed by atoms with Crippen LogP contribution >= 0.6 is 0 Å². The summed E-state index contributed by atoms with van der Waals surface area (Å²) >= 11 is 0. The first kappa shape index (κ1) is 7.78. The van der Waals surface area contributed by atoms with Crippen LogP contribution < -0.4 is 5.32 Å². The zero-order valence-electron chi connectivity index (χ0n) is 6.33. The van der Waals surface area contributed by atoms with E-state index in [1.54, 1.807) is 0 Å². The van der Waals surface area contributed by atoms with Gasteiger partial charge in [-0.05, 0) is 6.42 Å². The van der Waals surface area contributed by atoms with Crippen LogP contribution in [0.4, 0.5) is 0 Å². The highest BCUT2D eigenvalue weighted by atomic mass is 16.5. The molecule has 0 bridgehead atoms. The van der Waals surface area contributed by atoms with Crippen molar-refractivity contribution < 1.29 is 9.32 Å². The minimum Gasteiger partial charge on any atom is -0.364 e. The van der Waals surface area contributed by atoms with Gasteiger partial charge in [-0.2, -0.15) is 0 Å². The van der Waals surface area contributed by atoms with E-state index in [0.29, 0.717) is 12.2 Å². The highest BCUT2D eigenvalue weighted by Gasteiger charge is 2.05. The fraction of sp³-hybridized carbons (Fsp3) is 0.429.